The highest BCUT2D eigenvalue weighted by Crippen LogP contribution is 2.26. The molecule has 0 atom stereocenters. The van der Waals surface area contributed by atoms with Gasteiger partial charge in [-0.25, -0.2) is 4.79 Å². The third kappa shape index (κ3) is 3.82. The highest BCUT2D eigenvalue weighted by Gasteiger charge is 2.36. The molecule has 0 saturated heterocycles. The summed E-state index contributed by atoms with van der Waals surface area (Å²) < 4.78 is 16.1. The average Bonchev–Trinajstić information content (AvgIpc) is 3.35. The van der Waals surface area contributed by atoms with Crippen LogP contribution in [0.1, 0.15) is 42.4 Å². The van der Waals surface area contributed by atoms with E-state index >= 15 is 0 Å². The summed E-state index contributed by atoms with van der Waals surface area (Å²) in [5, 5.41) is 0. The van der Waals surface area contributed by atoms with Gasteiger partial charge < -0.3 is 13.9 Å². The molecule has 1 aliphatic rings. The summed E-state index contributed by atoms with van der Waals surface area (Å²) in [6, 6.07) is 15.3. The van der Waals surface area contributed by atoms with E-state index in [1.165, 1.54) is 24.5 Å². The summed E-state index contributed by atoms with van der Waals surface area (Å²) in [5.74, 6) is -0.248. The van der Waals surface area contributed by atoms with E-state index in [0.717, 1.165) is 16.2 Å². The smallest absolute Gasteiger partial charge is 0.338 e. The Morgan fingerprint density at radius 1 is 0.967 bits per heavy atom. The van der Waals surface area contributed by atoms with Crippen LogP contribution in [0.4, 0.5) is 0 Å². The standard InChI is InChI=1S/C23H19NO6/c1-15-5-2-3-7-20(15)29-11-12-30-23(27)16-8-9-18-19(13-16)22(26)24(21(18)25)14-17-6-4-10-28-17/h2-10,13H,11-12,14H2,1H3. The van der Waals surface area contributed by atoms with Crippen LogP contribution in [0.2, 0.25) is 0 Å². The minimum Gasteiger partial charge on any atom is -0.490 e. The van der Waals surface area contributed by atoms with E-state index in [2.05, 4.69) is 0 Å². The lowest BCUT2D eigenvalue weighted by Gasteiger charge is -2.11. The van der Waals surface area contributed by atoms with E-state index in [0.29, 0.717) is 5.76 Å². The number of aryl methyl sites for hydroxylation is 1. The van der Waals surface area contributed by atoms with Crippen LogP contribution in [0.5, 0.6) is 5.75 Å². The number of carbonyl (C=O) groups excluding carboxylic acids is 3. The van der Waals surface area contributed by atoms with Crippen molar-refractivity contribution in [1.29, 1.82) is 0 Å². The van der Waals surface area contributed by atoms with Gasteiger partial charge >= 0.3 is 5.97 Å². The maximum Gasteiger partial charge on any atom is 0.338 e. The van der Waals surface area contributed by atoms with Crippen LogP contribution in [-0.2, 0) is 11.3 Å². The molecule has 0 bridgehead atoms. The van der Waals surface area contributed by atoms with Gasteiger partial charge in [-0.1, -0.05) is 18.2 Å². The number of fused-ring (bicyclic) bond motifs is 1. The zero-order valence-electron chi connectivity index (χ0n) is 16.3. The first-order valence-corrected chi connectivity index (χ1v) is 9.43. The van der Waals surface area contributed by atoms with Crippen molar-refractivity contribution in [2.75, 3.05) is 13.2 Å². The molecule has 1 aromatic heterocycles. The fourth-order valence-corrected chi connectivity index (χ4v) is 3.21. The Hall–Kier alpha value is -3.87. The second-order valence-corrected chi connectivity index (χ2v) is 6.79. The second-order valence-electron chi connectivity index (χ2n) is 6.79. The Morgan fingerprint density at radius 3 is 2.53 bits per heavy atom. The lowest BCUT2D eigenvalue weighted by Crippen LogP contribution is -2.28. The highest BCUT2D eigenvalue weighted by atomic mass is 16.6. The molecule has 0 spiro atoms. The average molecular weight is 405 g/mol. The van der Waals surface area contributed by atoms with Crippen molar-refractivity contribution >= 4 is 17.8 Å². The minimum absolute atomic E-state index is 0.0371. The van der Waals surface area contributed by atoms with E-state index in [1.54, 1.807) is 12.1 Å². The van der Waals surface area contributed by atoms with E-state index in [1.807, 2.05) is 31.2 Å². The maximum atomic E-state index is 12.6. The predicted molar refractivity (Wildman–Crippen MR) is 106 cm³/mol. The molecule has 2 heterocycles. The number of hydrogen-bond acceptors (Lipinski definition) is 6. The lowest BCUT2D eigenvalue weighted by molar-refractivity contribution is 0.0450. The third-order valence-corrected chi connectivity index (χ3v) is 4.77. The number of benzene rings is 2. The molecule has 30 heavy (non-hydrogen) atoms. The van der Waals surface area contributed by atoms with E-state index in [-0.39, 0.29) is 36.4 Å². The number of esters is 1. The van der Waals surface area contributed by atoms with Gasteiger partial charge in [-0.15, -0.1) is 0 Å². The number of para-hydroxylation sites is 1. The largest absolute Gasteiger partial charge is 0.490 e. The first-order valence-electron chi connectivity index (χ1n) is 9.43. The molecule has 1 aliphatic heterocycles. The number of furan rings is 1. The second kappa shape index (κ2) is 8.24. The molecule has 7 heteroatoms. The van der Waals surface area contributed by atoms with Crippen molar-refractivity contribution in [2.45, 2.75) is 13.5 Å². The van der Waals surface area contributed by atoms with Crippen molar-refractivity contribution in [2.24, 2.45) is 0 Å². The third-order valence-electron chi connectivity index (χ3n) is 4.77. The topological polar surface area (TPSA) is 86.1 Å². The van der Waals surface area contributed by atoms with Gasteiger partial charge in [0, 0.05) is 0 Å². The maximum absolute atomic E-state index is 12.6. The molecule has 7 nitrogen and oxygen atoms in total. The SMILES string of the molecule is Cc1ccccc1OCCOC(=O)c1ccc2c(c1)C(=O)N(Cc1ccco1)C2=O. The monoisotopic (exact) mass is 405 g/mol. The molecular weight excluding hydrogens is 386 g/mol. The zero-order valence-corrected chi connectivity index (χ0v) is 16.3. The van der Waals surface area contributed by atoms with Crippen LogP contribution < -0.4 is 4.74 Å². The van der Waals surface area contributed by atoms with Crippen molar-refractivity contribution < 1.29 is 28.3 Å². The molecule has 2 aromatic carbocycles. The van der Waals surface area contributed by atoms with Crippen LogP contribution in [0.3, 0.4) is 0 Å². The van der Waals surface area contributed by atoms with E-state index < -0.39 is 17.8 Å². The van der Waals surface area contributed by atoms with Crippen molar-refractivity contribution in [3.8, 4) is 5.75 Å². The molecule has 0 fully saturated rings. The minimum atomic E-state index is -0.587. The Balaban J connectivity index is 1.38. The molecule has 2 amide bonds. The van der Waals surface area contributed by atoms with E-state index in [4.69, 9.17) is 13.9 Å². The van der Waals surface area contributed by atoms with Crippen molar-refractivity contribution in [1.82, 2.24) is 4.90 Å². The summed E-state index contributed by atoms with van der Waals surface area (Å²) >= 11 is 0. The molecule has 0 unspecified atom stereocenters. The Morgan fingerprint density at radius 2 is 1.77 bits per heavy atom. The van der Waals surface area contributed by atoms with Crippen molar-refractivity contribution in [3.05, 3.63) is 88.9 Å². The van der Waals surface area contributed by atoms with Gasteiger partial charge in [0.1, 0.15) is 24.7 Å². The number of ether oxygens (including phenoxy) is 2. The molecule has 0 N–H and O–H groups in total. The van der Waals surface area contributed by atoms with Crippen LogP contribution in [0.15, 0.2) is 65.3 Å². The van der Waals surface area contributed by atoms with Crippen LogP contribution in [0, 0.1) is 6.92 Å². The molecular formula is C23H19NO6. The Bertz CT molecular complexity index is 1100. The number of carbonyl (C=O) groups is 3. The number of nitrogens with zero attached hydrogens (tertiary/aromatic N) is 1. The van der Waals surface area contributed by atoms with Crippen LogP contribution >= 0.6 is 0 Å². The number of amides is 2. The van der Waals surface area contributed by atoms with Gasteiger partial charge in [0.2, 0.25) is 0 Å². The number of imide groups is 1. The zero-order chi connectivity index (χ0) is 21.1. The normalized spacial score (nSPS) is 12.8. The molecule has 3 aromatic rings. The Labute approximate surface area is 172 Å². The predicted octanol–water partition coefficient (Wildman–Crippen LogP) is 3.62. The quantitative estimate of drug-likeness (QED) is 0.339. The molecule has 0 aliphatic carbocycles. The highest BCUT2D eigenvalue weighted by molar-refractivity contribution is 6.21. The first kappa shape index (κ1) is 19.4. The van der Waals surface area contributed by atoms with Gasteiger partial charge in [0.15, 0.2) is 0 Å². The number of hydrogen-bond donors (Lipinski definition) is 0. The van der Waals surface area contributed by atoms with Gasteiger partial charge in [0.05, 0.1) is 29.5 Å². The molecule has 0 saturated carbocycles. The first-order chi connectivity index (χ1) is 14.5. The van der Waals surface area contributed by atoms with Gasteiger partial charge in [0.25, 0.3) is 11.8 Å². The summed E-state index contributed by atoms with van der Waals surface area (Å²) in [5.41, 5.74) is 1.62. The molecule has 4 rings (SSSR count). The Kier molecular flexibility index (Phi) is 5.34. The van der Waals surface area contributed by atoms with Gasteiger partial charge in [-0.3, -0.25) is 14.5 Å². The fourth-order valence-electron chi connectivity index (χ4n) is 3.21. The summed E-state index contributed by atoms with van der Waals surface area (Å²) in [6.07, 6.45) is 1.48. The summed E-state index contributed by atoms with van der Waals surface area (Å²) in [6.45, 7) is 2.23. The van der Waals surface area contributed by atoms with Crippen molar-refractivity contribution in [3.63, 3.8) is 0 Å². The summed E-state index contributed by atoms with van der Waals surface area (Å²) in [7, 11) is 0. The van der Waals surface area contributed by atoms with Gasteiger partial charge in [-0.05, 0) is 48.9 Å². The lowest BCUT2D eigenvalue weighted by atomic mass is 10.1. The molecule has 152 valence electrons. The summed E-state index contributed by atoms with van der Waals surface area (Å²) in [4.78, 5) is 38.6. The van der Waals surface area contributed by atoms with Crippen LogP contribution in [0.25, 0.3) is 0 Å². The fraction of sp³-hybridized carbons (Fsp3) is 0.174. The number of rotatable bonds is 7. The van der Waals surface area contributed by atoms with E-state index in [9.17, 15) is 14.4 Å². The van der Waals surface area contributed by atoms with Gasteiger partial charge in [-0.2, -0.15) is 0 Å². The van der Waals surface area contributed by atoms with Crippen LogP contribution in [-0.4, -0.2) is 35.9 Å². The molecule has 0 radical (unpaired) electrons.